The summed E-state index contributed by atoms with van der Waals surface area (Å²) in [7, 11) is -3.27. The number of rotatable bonds is 6. The standard InChI is InChI=1S/C23H26N2O4S2/c1-15-11-16(2)22-20(12-15)24-23(30-22)25(14-18-5-4-10-29-18)21(26)13-17-6-8-19(9-7-17)31(3,27)28/h6-9,11-12,18H,4-5,10,13-14H2,1-3H3. The summed E-state index contributed by atoms with van der Waals surface area (Å²) in [4.78, 5) is 20.1. The molecule has 0 saturated carbocycles. The molecule has 4 rings (SSSR count). The molecule has 1 atom stereocenters. The molecule has 0 bridgehead atoms. The molecule has 164 valence electrons. The first kappa shape index (κ1) is 21.9. The van der Waals surface area contributed by atoms with E-state index in [-0.39, 0.29) is 23.3 Å². The van der Waals surface area contributed by atoms with Crippen LogP contribution in [0.1, 0.15) is 29.5 Å². The molecule has 31 heavy (non-hydrogen) atoms. The van der Waals surface area contributed by atoms with Crippen LogP contribution in [-0.2, 0) is 25.8 Å². The lowest BCUT2D eigenvalue weighted by molar-refractivity contribution is -0.118. The molecule has 1 aromatic heterocycles. The highest BCUT2D eigenvalue weighted by Gasteiger charge is 2.26. The van der Waals surface area contributed by atoms with E-state index >= 15 is 0 Å². The van der Waals surface area contributed by atoms with Crippen LogP contribution in [0.4, 0.5) is 5.13 Å². The van der Waals surface area contributed by atoms with Crippen molar-refractivity contribution in [2.24, 2.45) is 0 Å². The van der Waals surface area contributed by atoms with Crippen LogP contribution in [0.3, 0.4) is 0 Å². The zero-order valence-electron chi connectivity index (χ0n) is 17.9. The van der Waals surface area contributed by atoms with Crippen LogP contribution >= 0.6 is 11.3 Å². The molecule has 3 aromatic rings. The lowest BCUT2D eigenvalue weighted by atomic mass is 10.1. The quantitative estimate of drug-likeness (QED) is 0.557. The lowest BCUT2D eigenvalue weighted by Crippen LogP contribution is -2.38. The van der Waals surface area contributed by atoms with Gasteiger partial charge in [-0.1, -0.05) is 29.5 Å². The smallest absolute Gasteiger partial charge is 0.233 e. The van der Waals surface area contributed by atoms with Crippen molar-refractivity contribution in [2.75, 3.05) is 24.3 Å². The van der Waals surface area contributed by atoms with Crippen molar-refractivity contribution in [3.05, 3.63) is 53.1 Å². The average Bonchev–Trinajstić information content (AvgIpc) is 3.35. The Morgan fingerprint density at radius 2 is 1.97 bits per heavy atom. The number of aromatic nitrogens is 1. The van der Waals surface area contributed by atoms with Crippen molar-refractivity contribution in [3.8, 4) is 0 Å². The molecule has 0 aliphatic carbocycles. The van der Waals surface area contributed by atoms with E-state index < -0.39 is 9.84 Å². The molecule has 1 fully saturated rings. The minimum Gasteiger partial charge on any atom is -0.376 e. The molecule has 1 saturated heterocycles. The molecular weight excluding hydrogens is 432 g/mol. The van der Waals surface area contributed by atoms with E-state index in [0.29, 0.717) is 11.7 Å². The van der Waals surface area contributed by atoms with Crippen LogP contribution in [0.2, 0.25) is 0 Å². The second-order valence-electron chi connectivity index (χ2n) is 8.16. The van der Waals surface area contributed by atoms with Gasteiger partial charge in [0.15, 0.2) is 15.0 Å². The first-order valence-corrected chi connectivity index (χ1v) is 13.0. The zero-order valence-corrected chi connectivity index (χ0v) is 19.6. The Labute approximate surface area is 186 Å². The van der Waals surface area contributed by atoms with Gasteiger partial charge in [0, 0.05) is 12.9 Å². The fraction of sp³-hybridized carbons (Fsp3) is 0.391. The van der Waals surface area contributed by atoms with Gasteiger partial charge in [-0.05, 0) is 61.6 Å². The van der Waals surface area contributed by atoms with E-state index in [2.05, 4.69) is 13.0 Å². The number of thiazole rings is 1. The summed E-state index contributed by atoms with van der Waals surface area (Å²) in [6, 6.07) is 10.7. The maximum absolute atomic E-state index is 13.3. The SMILES string of the molecule is Cc1cc(C)c2sc(N(CC3CCCO3)C(=O)Cc3ccc(S(C)(=O)=O)cc3)nc2c1. The van der Waals surface area contributed by atoms with Gasteiger partial charge in [0.1, 0.15) is 0 Å². The zero-order chi connectivity index (χ0) is 22.2. The molecule has 6 nitrogen and oxygen atoms in total. The number of aryl methyl sites for hydroxylation is 2. The summed E-state index contributed by atoms with van der Waals surface area (Å²) < 4.78 is 30.3. The molecule has 0 N–H and O–H groups in total. The second-order valence-corrected chi connectivity index (χ2v) is 11.2. The number of hydrogen-bond donors (Lipinski definition) is 0. The summed E-state index contributed by atoms with van der Waals surface area (Å²) in [5.74, 6) is -0.0731. The lowest BCUT2D eigenvalue weighted by Gasteiger charge is -2.23. The first-order chi connectivity index (χ1) is 14.7. The third-order valence-corrected chi connectivity index (χ3v) is 7.82. The summed E-state index contributed by atoms with van der Waals surface area (Å²) in [6.45, 7) is 5.30. The van der Waals surface area contributed by atoms with Gasteiger partial charge in [0.05, 0.1) is 34.2 Å². The van der Waals surface area contributed by atoms with E-state index in [1.54, 1.807) is 29.2 Å². The second kappa shape index (κ2) is 8.68. The molecule has 0 radical (unpaired) electrons. The van der Waals surface area contributed by atoms with Crippen LogP contribution in [0, 0.1) is 13.8 Å². The number of anilines is 1. The molecule has 1 unspecified atom stereocenters. The molecule has 8 heteroatoms. The van der Waals surface area contributed by atoms with E-state index in [1.165, 1.54) is 17.6 Å². The monoisotopic (exact) mass is 458 g/mol. The van der Waals surface area contributed by atoms with Gasteiger partial charge in [-0.15, -0.1) is 0 Å². The number of benzene rings is 2. The van der Waals surface area contributed by atoms with Gasteiger partial charge in [-0.2, -0.15) is 0 Å². The fourth-order valence-corrected chi connectivity index (χ4v) is 5.56. The van der Waals surface area contributed by atoms with Crippen molar-refractivity contribution in [1.29, 1.82) is 0 Å². The van der Waals surface area contributed by atoms with E-state index in [9.17, 15) is 13.2 Å². The third kappa shape index (κ3) is 4.97. The van der Waals surface area contributed by atoms with E-state index in [0.717, 1.165) is 46.4 Å². The maximum atomic E-state index is 13.3. The number of nitrogens with zero attached hydrogens (tertiary/aromatic N) is 2. The van der Waals surface area contributed by atoms with E-state index in [4.69, 9.17) is 9.72 Å². The number of carbonyl (C=O) groups is 1. The summed E-state index contributed by atoms with van der Waals surface area (Å²) in [6.07, 6.45) is 3.28. The maximum Gasteiger partial charge on any atom is 0.233 e. The largest absolute Gasteiger partial charge is 0.376 e. The molecular formula is C23H26N2O4S2. The van der Waals surface area contributed by atoms with Gasteiger partial charge in [0.25, 0.3) is 0 Å². The highest BCUT2D eigenvalue weighted by molar-refractivity contribution is 7.90. The normalized spacial score (nSPS) is 16.7. The van der Waals surface area contributed by atoms with Gasteiger partial charge < -0.3 is 4.74 Å². The Morgan fingerprint density at radius 3 is 2.61 bits per heavy atom. The predicted molar refractivity (Wildman–Crippen MR) is 124 cm³/mol. The van der Waals surface area contributed by atoms with Crippen molar-refractivity contribution in [1.82, 2.24) is 4.98 Å². The molecule has 2 heterocycles. The third-order valence-electron chi connectivity index (χ3n) is 5.46. The molecule has 2 aromatic carbocycles. The van der Waals surface area contributed by atoms with Crippen molar-refractivity contribution in [2.45, 2.75) is 44.1 Å². The van der Waals surface area contributed by atoms with Crippen molar-refractivity contribution in [3.63, 3.8) is 0 Å². The molecule has 1 aliphatic rings. The number of hydrogen-bond acceptors (Lipinski definition) is 6. The fourth-order valence-electron chi connectivity index (χ4n) is 3.88. The Balaban J connectivity index is 1.63. The highest BCUT2D eigenvalue weighted by Crippen LogP contribution is 2.33. The topological polar surface area (TPSA) is 76.6 Å². The summed E-state index contributed by atoms with van der Waals surface area (Å²) >= 11 is 1.53. The van der Waals surface area contributed by atoms with E-state index in [1.807, 2.05) is 13.0 Å². The van der Waals surface area contributed by atoms with Gasteiger partial charge >= 0.3 is 0 Å². The average molecular weight is 459 g/mol. The first-order valence-electron chi connectivity index (χ1n) is 10.3. The number of ether oxygens (including phenoxy) is 1. The number of fused-ring (bicyclic) bond motifs is 1. The minimum absolute atomic E-state index is 0.00593. The molecule has 1 aliphatic heterocycles. The summed E-state index contributed by atoms with van der Waals surface area (Å²) in [5, 5.41) is 0.678. The Hall–Kier alpha value is -2.29. The molecule has 0 spiro atoms. The van der Waals surface area contributed by atoms with Crippen molar-refractivity contribution < 1.29 is 17.9 Å². The Morgan fingerprint density at radius 1 is 1.23 bits per heavy atom. The number of carbonyl (C=O) groups excluding carboxylic acids is 1. The van der Waals surface area contributed by atoms with Gasteiger partial charge in [-0.3, -0.25) is 9.69 Å². The van der Waals surface area contributed by atoms with Crippen LogP contribution < -0.4 is 4.90 Å². The molecule has 1 amide bonds. The predicted octanol–water partition coefficient (Wildman–Crippen LogP) is 4.07. The van der Waals surface area contributed by atoms with Crippen LogP contribution in [0.15, 0.2) is 41.3 Å². The van der Waals surface area contributed by atoms with Crippen LogP contribution in [0.25, 0.3) is 10.2 Å². The summed E-state index contributed by atoms with van der Waals surface area (Å²) in [5.41, 5.74) is 3.97. The number of amides is 1. The van der Waals surface area contributed by atoms with Crippen molar-refractivity contribution >= 4 is 42.4 Å². The van der Waals surface area contributed by atoms with Crippen LogP contribution in [-0.4, -0.2) is 44.8 Å². The Bertz CT molecular complexity index is 1210. The van der Waals surface area contributed by atoms with Crippen LogP contribution in [0.5, 0.6) is 0 Å². The highest BCUT2D eigenvalue weighted by atomic mass is 32.2. The minimum atomic E-state index is -3.27. The van der Waals surface area contributed by atoms with Gasteiger partial charge in [-0.25, -0.2) is 13.4 Å². The van der Waals surface area contributed by atoms with Gasteiger partial charge in [0.2, 0.25) is 5.91 Å². The Kier molecular flexibility index (Phi) is 6.14. The number of sulfone groups is 1.